The summed E-state index contributed by atoms with van der Waals surface area (Å²) in [7, 11) is 0. The number of benzene rings is 2. The van der Waals surface area contributed by atoms with Gasteiger partial charge in [-0.05, 0) is 25.5 Å². The van der Waals surface area contributed by atoms with Crippen molar-refractivity contribution in [1.82, 2.24) is 9.78 Å². The number of carbonyl (C=O) groups is 2. The van der Waals surface area contributed by atoms with Gasteiger partial charge in [0, 0.05) is 24.5 Å². The van der Waals surface area contributed by atoms with Crippen LogP contribution in [-0.2, 0) is 9.59 Å². The zero-order chi connectivity index (χ0) is 19.2. The summed E-state index contributed by atoms with van der Waals surface area (Å²) in [6.07, 6.45) is 0.414. The standard InChI is InChI=1S/C21H21N3O3/c1-15-10-12-17(13-11-15)24-19(22-20(25)8-5-9-21(26)27)14-18(23-24)16-6-3-2-4-7-16/h2-4,6-7,10-14H,5,8-9H2,1H3,(H,22,25)(H,26,27). The number of amides is 1. The highest BCUT2D eigenvalue weighted by Crippen LogP contribution is 2.25. The van der Waals surface area contributed by atoms with Crippen molar-refractivity contribution in [2.45, 2.75) is 26.2 Å². The van der Waals surface area contributed by atoms with Gasteiger partial charge in [-0.25, -0.2) is 4.68 Å². The Morgan fingerprint density at radius 1 is 1.04 bits per heavy atom. The van der Waals surface area contributed by atoms with Crippen molar-refractivity contribution in [3.05, 3.63) is 66.2 Å². The van der Waals surface area contributed by atoms with Gasteiger partial charge in [0.15, 0.2) is 0 Å². The largest absolute Gasteiger partial charge is 0.481 e. The van der Waals surface area contributed by atoms with Crippen LogP contribution < -0.4 is 5.32 Å². The second kappa shape index (κ2) is 8.31. The molecular formula is C21H21N3O3. The molecule has 0 aliphatic heterocycles. The Labute approximate surface area is 157 Å². The van der Waals surface area contributed by atoms with Crippen molar-refractivity contribution in [3.8, 4) is 16.9 Å². The molecule has 1 aromatic heterocycles. The summed E-state index contributed by atoms with van der Waals surface area (Å²) in [5, 5.41) is 16.2. The molecule has 6 heteroatoms. The normalized spacial score (nSPS) is 10.6. The number of anilines is 1. The molecule has 27 heavy (non-hydrogen) atoms. The summed E-state index contributed by atoms with van der Waals surface area (Å²) in [5.41, 5.74) is 3.67. The van der Waals surface area contributed by atoms with Crippen molar-refractivity contribution in [2.24, 2.45) is 0 Å². The molecule has 138 valence electrons. The first kappa shape index (κ1) is 18.4. The molecule has 0 fully saturated rings. The lowest BCUT2D eigenvalue weighted by atomic mass is 10.1. The molecule has 0 radical (unpaired) electrons. The van der Waals surface area contributed by atoms with Crippen LogP contribution in [0.2, 0.25) is 0 Å². The predicted octanol–water partition coefficient (Wildman–Crippen LogP) is 4.04. The third-order valence-corrected chi connectivity index (χ3v) is 4.12. The number of rotatable bonds is 7. The van der Waals surface area contributed by atoms with E-state index in [4.69, 9.17) is 5.11 Å². The molecule has 3 rings (SSSR count). The minimum Gasteiger partial charge on any atom is -0.481 e. The molecule has 2 aromatic carbocycles. The van der Waals surface area contributed by atoms with E-state index >= 15 is 0 Å². The molecule has 0 spiro atoms. The number of aliphatic carboxylic acids is 1. The van der Waals surface area contributed by atoms with E-state index in [1.165, 1.54) is 0 Å². The van der Waals surface area contributed by atoms with Gasteiger partial charge in [-0.15, -0.1) is 0 Å². The van der Waals surface area contributed by atoms with Gasteiger partial charge in [0.2, 0.25) is 5.91 Å². The van der Waals surface area contributed by atoms with Gasteiger partial charge < -0.3 is 10.4 Å². The molecule has 0 bridgehead atoms. The van der Waals surface area contributed by atoms with Crippen LogP contribution in [0.1, 0.15) is 24.8 Å². The molecule has 3 aromatic rings. The zero-order valence-electron chi connectivity index (χ0n) is 15.1. The van der Waals surface area contributed by atoms with Crippen molar-refractivity contribution in [1.29, 1.82) is 0 Å². The number of carboxylic acids is 1. The van der Waals surface area contributed by atoms with E-state index in [9.17, 15) is 9.59 Å². The second-order valence-corrected chi connectivity index (χ2v) is 6.32. The van der Waals surface area contributed by atoms with Crippen LogP contribution in [0.25, 0.3) is 16.9 Å². The summed E-state index contributed by atoms with van der Waals surface area (Å²) in [4.78, 5) is 22.9. The first-order valence-electron chi connectivity index (χ1n) is 8.77. The van der Waals surface area contributed by atoms with Crippen LogP contribution >= 0.6 is 0 Å². The van der Waals surface area contributed by atoms with E-state index < -0.39 is 5.97 Å². The molecule has 0 saturated carbocycles. The average Bonchev–Trinajstić information content (AvgIpc) is 3.06. The van der Waals surface area contributed by atoms with Gasteiger partial charge in [-0.2, -0.15) is 5.10 Å². The van der Waals surface area contributed by atoms with E-state index in [2.05, 4.69) is 10.4 Å². The van der Waals surface area contributed by atoms with Crippen LogP contribution in [0.3, 0.4) is 0 Å². The number of nitrogens with one attached hydrogen (secondary N) is 1. The lowest BCUT2D eigenvalue weighted by Crippen LogP contribution is -2.15. The zero-order valence-corrected chi connectivity index (χ0v) is 15.1. The van der Waals surface area contributed by atoms with E-state index in [0.29, 0.717) is 12.2 Å². The third kappa shape index (κ3) is 4.82. The minimum atomic E-state index is -0.904. The number of aryl methyl sites for hydroxylation is 1. The second-order valence-electron chi connectivity index (χ2n) is 6.32. The number of aromatic nitrogens is 2. The van der Waals surface area contributed by atoms with Crippen LogP contribution in [-0.4, -0.2) is 26.8 Å². The van der Waals surface area contributed by atoms with Gasteiger partial charge in [0.05, 0.1) is 11.4 Å². The van der Waals surface area contributed by atoms with E-state index in [1.54, 1.807) is 4.68 Å². The lowest BCUT2D eigenvalue weighted by Gasteiger charge is -2.09. The van der Waals surface area contributed by atoms with Gasteiger partial charge in [0.25, 0.3) is 0 Å². The van der Waals surface area contributed by atoms with Crippen molar-refractivity contribution < 1.29 is 14.7 Å². The molecule has 0 saturated heterocycles. The third-order valence-electron chi connectivity index (χ3n) is 4.12. The first-order chi connectivity index (χ1) is 13.0. The Morgan fingerprint density at radius 2 is 1.74 bits per heavy atom. The van der Waals surface area contributed by atoms with Crippen molar-refractivity contribution >= 4 is 17.7 Å². The van der Waals surface area contributed by atoms with Crippen LogP contribution in [0.5, 0.6) is 0 Å². The van der Waals surface area contributed by atoms with Gasteiger partial charge in [-0.1, -0.05) is 48.0 Å². The maximum atomic E-state index is 12.2. The summed E-state index contributed by atoms with van der Waals surface area (Å²) < 4.78 is 1.69. The topological polar surface area (TPSA) is 84.2 Å². The van der Waals surface area contributed by atoms with Gasteiger partial charge in [-0.3, -0.25) is 9.59 Å². The lowest BCUT2D eigenvalue weighted by molar-refractivity contribution is -0.137. The fourth-order valence-electron chi connectivity index (χ4n) is 2.71. The highest BCUT2D eigenvalue weighted by atomic mass is 16.4. The van der Waals surface area contributed by atoms with E-state index in [0.717, 1.165) is 22.5 Å². The molecular weight excluding hydrogens is 342 g/mol. The maximum absolute atomic E-state index is 12.2. The Kier molecular flexibility index (Phi) is 5.66. The Hall–Kier alpha value is -3.41. The Morgan fingerprint density at radius 3 is 2.41 bits per heavy atom. The molecule has 2 N–H and O–H groups in total. The van der Waals surface area contributed by atoms with E-state index in [-0.39, 0.29) is 18.7 Å². The molecule has 0 aliphatic carbocycles. The first-order valence-corrected chi connectivity index (χ1v) is 8.77. The molecule has 6 nitrogen and oxygen atoms in total. The summed E-state index contributed by atoms with van der Waals surface area (Å²) in [5.74, 6) is -0.582. The van der Waals surface area contributed by atoms with Crippen LogP contribution in [0.15, 0.2) is 60.7 Å². The number of hydrogen-bond acceptors (Lipinski definition) is 3. The Bertz CT molecular complexity index is 931. The quantitative estimate of drug-likeness (QED) is 0.663. The number of carboxylic acid groups (broad SMARTS) is 1. The van der Waals surface area contributed by atoms with Crippen molar-refractivity contribution in [3.63, 3.8) is 0 Å². The van der Waals surface area contributed by atoms with Gasteiger partial charge in [0.1, 0.15) is 5.82 Å². The van der Waals surface area contributed by atoms with Crippen LogP contribution in [0.4, 0.5) is 5.82 Å². The fraction of sp³-hybridized carbons (Fsp3) is 0.190. The smallest absolute Gasteiger partial charge is 0.303 e. The average molecular weight is 363 g/mol. The summed E-state index contributed by atoms with van der Waals surface area (Å²) in [6, 6.07) is 19.4. The number of carbonyl (C=O) groups excluding carboxylic acids is 1. The Balaban J connectivity index is 1.88. The maximum Gasteiger partial charge on any atom is 0.303 e. The highest BCUT2D eigenvalue weighted by Gasteiger charge is 2.14. The molecule has 1 amide bonds. The minimum absolute atomic E-state index is 0.0279. The number of hydrogen-bond donors (Lipinski definition) is 2. The monoisotopic (exact) mass is 363 g/mol. The predicted molar refractivity (Wildman–Crippen MR) is 104 cm³/mol. The summed E-state index contributed by atoms with van der Waals surface area (Å²) >= 11 is 0. The van der Waals surface area contributed by atoms with Crippen LogP contribution in [0, 0.1) is 6.92 Å². The molecule has 0 aliphatic rings. The highest BCUT2D eigenvalue weighted by molar-refractivity contribution is 5.91. The molecule has 0 atom stereocenters. The fourth-order valence-corrected chi connectivity index (χ4v) is 2.71. The SMILES string of the molecule is Cc1ccc(-n2nc(-c3ccccc3)cc2NC(=O)CCCC(=O)O)cc1. The molecule has 0 unspecified atom stereocenters. The molecule has 1 heterocycles. The van der Waals surface area contributed by atoms with E-state index in [1.807, 2.05) is 67.6 Å². The summed E-state index contributed by atoms with van der Waals surface area (Å²) in [6.45, 7) is 2.01. The van der Waals surface area contributed by atoms with Gasteiger partial charge >= 0.3 is 5.97 Å². The number of nitrogens with zero attached hydrogens (tertiary/aromatic N) is 2. The van der Waals surface area contributed by atoms with Crippen molar-refractivity contribution in [2.75, 3.05) is 5.32 Å².